The third-order valence-corrected chi connectivity index (χ3v) is 8.99. The Morgan fingerprint density at radius 2 is 1.65 bits per heavy atom. The van der Waals surface area contributed by atoms with Gasteiger partial charge in [-0.1, -0.05) is 44.4 Å². The fraction of sp³-hybridized carbons (Fsp3) is 0.708. The van der Waals surface area contributed by atoms with Crippen LogP contribution in [-0.2, 0) is 10.0 Å². The number of benzene rings is 1. The number of sulfonamides is 1. The van der Waals surface area contributed by atoms with Crippen LogP contribution in [-0.4, -0.2) is 78.5 Å². The predicted octanol–water partition coefficient (Wildman–Crippen LogP) is 3.60. The van der Waals surface area contributed by atoms with E-state index < -0.39 is 10.0 Å². The van der Waals surface area contributed by atoms with Crippen LogP contribution >= 0.6 is 0 Å². The molecule has 174 valence electrons. The lowest BCUT2D eigenvalue weighted by Gasteiger charge is -2.52. The molecule has 1 saturated carbocycles. The molecule has 1 aromatic carbocycles. The second-order valence-corrected chi connectivity index (χ2v) is 11.5. The highest BCUT2D eigenvalue weighted by molar-refractivity contribution is 7.89. The SMILES string of the molecule is CCCS(=O)(=O)N1CCN(C2(CN(C(=O)c3ccccc3)C(C)C)CCCCC2)CC1. The second kappa shape index (κ2) is 10.5. The van der Waals surface area contributed by atoms with E-state index in [0.717, 1.165) is 31.5 Å². The first-order valence-electron chi connectivity index (χ1n) is 11.9. The molecule has 0 aromatic heterocycles. The minimum absolute atomic E-state index is 0.0619. The Balaban J connectivity index is 1.78. The highest BCUT2D eigenvalue weighted by atomic mass is 32.2. The number of nitrogens with zero attached hydrogens (tertiary/aromatic N) is 3. The van der Waals surface area contributed by atoms with Crippen molar-refractivity contribution in [2.24, 2.45) is 0 Å². The Bertz CT molecular complexity index is 812. The van der Waals surface area contributed by atoms with E-state index >= 15 is 0 Å². The van der Waals surface area contributed by atoms with Crippen molar-refractivity contribution in [3.8, 4) is 0 Å². The maximum Gasteiger partial charge on any atom is 0.254 e. The van der Waals surface area contributed by atoms with Gasteiger partial charge in [-0.2, -0.15) is 4.31 Å². The maximum atomic E-state index is 13.4. The monoisotopic (exact) mass is 449 g/mol. The average molecular weight is 450 g/mol. The summed E-state index contributed by atoms with van der Waals surface area (Å²) in [5.41, 5.74) is 0.672. The van der Waals surface area contributed by atoms with Crippen molar-refractivity contribution in [3.05, 3.63) is 35.9 Å². The Morgan fingerprint density at radius 3 is 2.19 bits per heavy atom. The molecule has 0 bridgehead atoms. The molecule has 1 heterocycles. The van der Waals surface area contributed by atoms with Gasteiger partial charge in [0.1, 0.15) is 0 Å². The Kier molecular flexibility index (Phi) is 8.16. The van der Waals surface area contributed by atoms with Gasteiger partial charge in [0.25, 0.3) is 5.91 Å². The Hall–Kier alpha value is -1.44. The molecule has 7 heteroatoms. The first-order chi connectivity index (χ1) is 14.8. The molecule has 3 rings (SSSR count). The van der Waals surface area contributed by atoms with Crippen molar-refractivity contribution in [2.75, 3.05) is 38.5 Å². The number of rotatable bonds is 8. The van der Waals surface area contributed by atoms with Gasteiger partial charge in [0, 0.05) is 49.9 Å². The quantitative estimate of drug-likeness (QED) is 0.608. The van der Waals surface area contributed by atoms with Gasteiger partial charge >= 0.3 is 0 Å². The van der Waals surface area contributed by atoms with E-state index in [9.17, 15) is 13.2 Å². The van der Waals surface area contributed by atoms with Crippen molar-refractivity contribution >= 4 is 15.9 Å². The van der Waals surface area contributed by atoms with Crippen LogP contribution in [0, 0.1) is 0 Å². The summed E-state index contributed by atoms with van der Waals surface area (Å²) < 4.78 is 26.7. The first kappa shape index (κ1) is 24.2. The molecule has 1 saturated heterocycles. The standard InChI is InChI=1S/C24H39N3O3S/c1-4-19-31(29,30)26-17-15-25(16-18-26)24(13-9-6-10-14-24)20-27(21(2)3)23(28)22-11-7-5-8-12-22/h5,7-8,11-12,21H,4,6,9-10,13-20H2,1-3H3. The van der Waals surface area contributed by atoms with Crippen molar-refractivity contribution < 1.29 is 13.2 Å². The zero-order valence-electron chi connectivity index (χ0n) is 19.4. The van der Waals surface area contributed by atoms with Gasteiger partial charge in [0.2, 0.25) is 10.0 Å². The highest BCUT2D eigenvalue weighted by Crippen LogP contribution is 2.36. The fourth-order valence-electron chi connectivity index (χ4n) is 5.16. The van der Waals surface area contributed by atoms with Crippen LogP contribution < -0.4 is 0 Å². The van der Waals surface area contributed by atoms with Gasteiger partial charge in [-0.3, -0.25) is 9.69 Å². The predicted molar refractivity (Wildman–Crippen MR) is 126 cm³/mol. The number of piperazine rings is 1. The minimum Gasteiger partial charge on any atom is -0.334 e. The van der Waals surface area contributed by atoms with E-state index in [2.05, 4.69) is 18.7 Å². The molecular weight excluding hydrogens is 410 g/mol. The van der Waals surface area contributed by atoms with Gasteiger partial charge in [0.05, 0.1) is 5.75 Å². The van der Waals surface area contributed by atoms with Crippen LogP contribution in [0.5, 0.6) is 0 Å². The van der Waals surface area contributed by atoms with Crippen LogP contribution in [0.2, 0.25) is 0 Å². The van der Waals surface area contributed by atoms with Crippen LogP contribution in [0.15, 0.2) is 30.3 Å². The minimum atomic E-state index is -3.15. The zero-order chi connectivity index (χ0) is 22.5. The summed E-state index contributed by atoms with van der Waals surface area (Å²) in [6, 6.07) is 9.66. The fourth-order valence-corrected chi connectivity index (χ4v) is 6.66. The van der Waals surface area contributed by atoms with Crippen molar-refractivity contribution in [1.29, 1.82) is 0 Å². The molecule has 1 aliphatic heterocycles. The third kappa shape index (κ3) is 5.68. The van der Waals surface area contributed by atoms with E-state index in [1.807, 2.05) is 42.2 Å². The Morgan fingerprint density at radius 1 is 1.03 bits per heavy atom. The van der Waals surface area contributed by atoms with Crippen molar-refractivity contribution in [2.45, 2.75) is 70.9 Å². The topological polar surface area (TPSA) is 60.9 Å². The van der Waals surface area contributed by atoms with Crippen LogP contribution in [0.3, 0.4) is 0 Å². The molecule has 1 aliphatic carbocycles. The zero-order valence-corrected chi connectivity index (χ0v) is 20.2. The van der Waals surface area contributed by atoms with Crippen molar-refractivity contribution in [1.82, 2.24) is 14.1 Å². The van der Waals surface area contributed by atoms with Gasteiger partial charge in [-0.25, -0.2) is 8.42 Å². The second-order valence-electron chi connectivity index (χ2n) is 9.38. The normalized spacial score (nSPS) is 20.6. The summed E-state index contributed by atoms with van der Waals surface area (Å²) in [6.07, 6.45) is 6.36. The summed E-state index contributed by atoms with van der Waals surface area (Å²) in [6.45, 7) is 9.40. The third-order valence-electron chi connectivity index (χ3n) is 6.92. The summed E-state index contributed by atoms with van der Waals surface area (Å²) in [7, 11) is -3.15. The largest absolute Gasteiger partial charge is 0.334 e. The smallest absolute Gasteiger partial charge is 0.254 e. The highest BCUT2D eigenvalue weighted by Gasteiger charge is 2.43. The number of carbonyl (C=O) groups excluding carboxylic acids is 1. The molecule has 2 aliphatic rings. The van der Waals surface area contributed by atoms with Gasteiger partial charge in [-0.05, 0) is 45.2 Å². The molecule has 31 heavy (non-hydrogen) atoms. The summed E-state index contributed by atoms with van der Waals surface area (Å²) in [5, 5.41) is 0. The van der Waals surface area contributed by atoms with Gasteiger partial charge in [-0.15, -0.1) is 0 Å². The summed E-state index contributed by atoms with van der Waals surface area (Å²) in [4.78, 5) is 17.9. The molecule has 0 radical (unpaired) electrons. The maximum absolute atomic E-state index is 13.4. The molecule has 2 fully saturated rings. The van der Waals surface area contributed by atoms with E-state index in [4.69, 9.17) is 0 Å². The molecule has 0 unspecified atom stereocenters. The molecular formula is C24H39N3O3S. The molecule has 0 N–H and O–H groups in total. The number of carbonyl (C=O) groups is 1. The molecule has 6 nitrogen and oxygen atoms in total. The van der Waals surface area contributed by atoms with Gasteiger partial charge < -0.3 is 4.90 Å². The number of hydrogen-bond acceptors (Lipinski definition) is 4. The molecule has 1 aromatic rings. The average Bonchev–Trinajstić information content (AvgIpc) is 2.78. The van der Waals surface area contributed by atoms with E-state index in [1.54, 1.807) is 4.31 Å². The van der Waals surface area contributed by atoms with Crippen LogP contribution in [0.1, 0.15) is 69.7 Å². The van der Waals surface area contributed by atoms with E-state index in [-0.39, 0.29) is 23.2 Å². The first-order valence-corrected chi connectivity index (χ1v) is 13.5. The van der Waals surface area contributed by atoms with E-state index in [1.165, 1.54) is 19.3 Å². The van der Waals surface area contributed by atoms with Gasteiger partial charge in [0.15, 0.2) is 0 Å². The number of amides is 1. The lowest BCUT2D eigenvalue weighted by molar-refractivity contribution is -0.00599. The lowest BCUT2D eigenvalue weighted by Crippen LogP contribution is -2.63. The van der Waals surface area contributed by atoms with Crippen LogP contribution in [0.25, 0.3) is 0 Å². The number of hydrogen-bond donors (Lipinski definition) is 0. The Labute approximate surface area is 188 Å². The molecule has 0 atom stereocenters. The summed E-state index contributed by atoms with van der Waals surface area (Å²) in [5.74, 6) is 0.315. The molecule has 0 spiro atoms. The van der Waals surface area contributed by atoms with E-state index in [0.29, 0.717) is 26.1 Å². The van der Waals surface area contributed by atoms with Crippen LogP contribution in [0.4, 0.5) is 0 Å². The molecule has 1 amide bonds. The lowest BCUT2D eigenvalue weighted by atomic mass is 9.79. The summed E-state index contributed by atoms with van der Waals surface area (Å²) >= 11 is 0. The van der Waals surface area contributed by atoms with Crippen molar-refractivity contribution in [3.63, 3.8) is 0 Å².